The molecular formula is C27H28N2O. The molecule has 2 N–H and O–H groups in total. The zero-order chi connectivity index (χ0) is 20.2. The number of nitrogens with one attached hydrogen (secondary N) is 2. The number of rotatable bonds is 6. The molecule has 0 amide bonds. The Morgan fingerprint density at radius 3 is 2.17 bits per heavy atom. The lowest BCUT2D eigenvalue weighted by molar-refractivity contribution is -0.0116. The van der Waals surface area contributed by atoms with Gasteiger partial charge >= 0.3 is 0 Å². The summed E-state index contributed by atoms with van der Waals surface area (Å²) >= 11 is 0. The Balaban J connectivity index is 1.25. The third kappa shape index (κ3) is 4.04. The van der Waals surface area contributed by atoms with E-state index in [4.69, 9.17) is 4.74 Å². The lowest BCUT2D eigenvalue weighted by Gasteiger charge is -2.35. The highest BCUT2D eigenvalue weighted by atomic mass is 16.5. The molecule has 30 heavy (non-hydrogen) atoms. The molecule has 152 valence electrons. The lowest BCUT2D eigenvalue weighted by Crippen LogP contribution is -2.41. The largest absolute Gasteiger partial charge is 0.376 e. The van der Waals surface area contributed by atoms with Crippen molar-refractivity contribution in [2.24, 2.45) is 0 Å². The molecule has 2 unspecified atom stereocenters. The van der Waals surface area contributed by atoms with Crippen LogP contribution in [0.1, 0.15) is 35.4 Å². The summed E-state index contributed by atoms with van der Waals surface area (Å²) in [6.07, 6.45) is 4.51. The summed E-state index contributed by atoms with van der Waals surface area (Å²) in [6, 6.07) is 30.4. The number of H-pyrrole nitrogens is 1. The molecule has 1 aliphatic heterocycles. The zero-order valence-electron chi connectivity index (χ0n) is 17.1. The van der Waals surface area contributed by atoms with Crippen LogP contribution >= 0.6 is 0 Å². The maximum atomic E-state index is 6.45. The van der Waals surface area contributed by atoms with E-state index < -0.39 is 0 Å². The van der Waals surface area contributed by atoms with E-state index in [-0.39, 0.29) is 12.0 Å². The van der Waals surface area contributed by atoms with Gasteiger partial charge in [-0.1, -0.05) is 78.9 Å². The van der Waals surface area contributed by atoms with E-state index in [2.05, 4.69) is 101 Å². The van der Waals surface area contributed by atoms with E-state index in [1.54, 1.807) is 0 Å². The summed E-state index contributed by atoms with van der Waals surface area (Å²) in [5, 5.41) is 5.01. The molecule has 3 heteroatoms. The SMILES string of the molecule is c1ccc(C(c2ccccc2)C2CCC(NCc3c[nH]c4ccccc34)CO2)cc1. The first-order valence-corrected chi connectivity index (χ1v) is 10.9. The minimum atomic E-state index is 0.209. The van der Waals surface area contributed by atoms with Crippen LogP contribution in [0.15, 0.2) is 91.1 Å². The molecule has 0 radical (unpaired) electrons. The number of ether oxygens (including phenoxy) is 1. The van der Waals surface area contributed by atoms with Crippen LogP contribution in [0.5, 0.6) is 0 Å². The molecule has 1 fully saturated rings. The molecule has 1 aliphatic rings. The van der Waals surface area contributed by atoms with Gasteiger partial charge < -0.3 is 15.0 Å². The summed E-state index contributed by atoms with van der Waals surface area (Å²) in [6.45, 7) is 1.62. The van der Waals surface area contributed by atoms with Crippen molar-refractivity contribution < 1.29 is 4.74 Å². The van der Waals surface area contributed by atoms with E-state index >= 15 is 0 Å². The number of aromatic amines is 1. The van der Waals surface area contributed by atoms with E-state index in [1.807, 2.05) is 0 Å². The van der Waals surface area contributed by atoms with Crippen molar-refractivity contribution in [2.75, 3.05) is 6.61 Å². The van der Waals surface area contributed by atoms with Crippen LogP contribution in [0.3, 0.4) is 0 Å². The highest BCUT2D eigenvalue weighted by molar-refractivity contribution is 5.82. The quantitative estimate of drug-likeness (QED) is 0.443. The first kappa shape index (κ1) is 19.1. The Bertz CT molecular complexity index is 1030. The summed E-state index contributed by atoms with van der Waals surface area (Å²) in [4.78, 5) is 3.36. The van der Waals surface area contributed by atoms with Crippen LogP contribution < -0.4 is 5.32 Å². The molecule has 0 bridgehead atoms. The van der Waals surface area contributed by atoms with E-state index in [0.29, 0.717) is 6.04 Å². The van der Waals surface area contributed by atoms with Crippen LogP contribution in [0.25, 0.3) is 10.9 Å². The molecule has 2 atom stereocenters. The molecule has 0 saturated carbocycles. The fourth-order valence-corrected chi connectivity index (χ4v) is 4.67. The Hall–Kier alpha value is -2.88. The van der Waals surface area contributed by atoms with E-state index in [1.165, 1.54) is 27.6 Å². The minimum Gasteiger partial charge on any atom is -0.376 e. The summed E-state index contributed by atoms with van der Waals surface area (Å²) < 4.78 is 6.45. The summed E-state index contributed by atoms with van der Waals surface area (Å²) in [5.41, 5.74) is 5.18. The number of benzene rings is 3. The van der Waals surface area contributed by atoms with Crippen LogP contribution in [0.4, 0.5) is 0 Å². The molecule has 0 aliphatic carbocycles. The summed E-state index contributed by atoms with van der Waals surface area (Å²) in [5.74, 6) is 0.280. The standard InChI is InChI=1S/C27H28N2O/c1-3-9-20(10-4-1)27(21-11-5-2-6-12-21)26-16-15-23(19-30-26)28-17-22-18-29-25-14-8-7-13-24(22)25/h1-14,18,23,26-29H,15-17,19H2. The predicted molar refractivity (Wildman–Crippen MR) is 123 cm³/mol. The van der Waals surface area contributed by atoms with Gasteiger partial charge in [0.25, 0.3) is 0 Å². The molecule has 4 aromatic rings. The average Bonchev–Trinajstić information content (AvgIpc) is 3.23. The van der Waals surface area contributed by atoms with Gasteiger partial charge in [-0.05, 0) is 35.6 Å². The van der Waals surface area contributed by atoms with Crippen molar-refractivity contribution in [3.05, 3.63) is 108 Å². The van der Waals surface area contributed by atoms with Crippen LogP contribution in [0, 0.1) is 0 Å². The second-order valence-corrected chi connectivity index (χ2v) is 8.19. The number of para-hydroxylation sites is 1. The number of hydrogen-bond donors (Lipinski definition) is 2. The Labute approximate surface area is 178 Å². The third-order valence-corrected chi connectivity index (χ3v) is 6.26. The van der Waals surface area contributed by atoms with Crippen molar-refractivity contribution in [1.82, 2.24) is 10.3 Å². The van der Waals surface area contributed by atoms with Gasteiger partial charge in [0.15, 0.2) is 0 Å². The van der Waals surface area contributed by atoms with Crippen LogP contribution in [-0.4, -0.2) is 23.7 Å². The van der Waals surface area contributed by atoms with Crippen molar-refractivity contribution in [3.8, 4) is 0 Å². The highest BCUT2D eigenvalue weighted by Gasteiger charge is 2.30. The first-order valence-electron chi connectivity index (χ1n) is 10.9. The fraction of sp³-hybridized carbons (Fsp3) is 0.259. The van der Waals surface area contributed by atoms with Gasteiger partial charge in [0, 0.05) is 35.6 Å². The van der Waals surface area contributed by atoms with Gasteiger partial charge in [0.05, 0.1) is 12.7 Å². The van der Waals surface area contributed by atoms with Crippen LogP contribution in [0.2, 0.25) is 0 Å². The van der Waals surface area contributed by atoms with Gasteiger partial charge in [-0.3, -0.25) is 0 Å². The van der Waals surface area contributed by atoms with Gasteiger partial charge in [-0.2, -0.15) is 0 Å². The maximum absolute atomic E-state index is 6.45. The third-order valence-electron chi connectivity index (χ3n) is 6.26. The number of fused-ring (bicyclic) bond motifs is 1. The molecule has 5 rings (SSSR count). The van der Waals surface area contributed by atoms with Gasteiger partial charge in [0.2, 0.25) is 0 Å². The fourth-order valence-electron chi connectivity index (χ4n) is 4.67. The first-order chi connectivity index (χ1) is 14.9. The molecule has 3 nitrogen and oxygen atoms in total. The van der Waals surface area contributed by atoms with Crippen LogP contribution in [-0.2, 0) is 11.3 Å². The van der Waals surface area contributed by atoms with Crippen molar-refractivity contribution in [1.29, 1.82) is 0 Å². The van der Waals surface area contributed by atoms with Crippen molar-refractivity contribution in [3.63, 3.8) is 0 Å². The van der Waals surface area contributed by atoms with Gasteiger partial charge in [-0.25, -0.2) is 0 Å². The zero-order valence-corrected chi connectivity index (χ0v) is 17.1. The Morgan fingerprint density at radius 1 is 0.833 bits per heavy atom. The molecule has 0 spiro atoms. The second-order valence-electron chi connectivity index (χ2n) is 8.19. The highest BCUT2D eigenvalue weighted by Crippen LogP contribution is 2.34. The molecule has 2 heterocycles. The smallest absolute Gasteiger partial charge is 0.0685 e. The number of hydrogen-bond acceptors (Lipinski definition) is 2. The molecule has 1 saturated heterocycles. The monoisotopic (exact) mass is 396 g/mol. The maximum Gasteiger partial charge on any atom is 0.0685 e. The van der Waals surface area contributed by atoms with E-state index in [0.717, 1.165) is 26.0 Å². The van der Waals surface area contributed by atoms with Gasteiger partial charge in [0.1, 0.15) is 0 Å². The lowest BCUT2D eigenvalue weighted by atomic mass is 9.83. The number of aromatic nitrogens is 1. The predicted octanol–water partition coefficient (Wildman–Crippen LogP) is 5.64. The Kier molecular flexibility index (Phi) is 5.65. The van der Waals surface area contributed by atoms with Crippen molar-refractivity contribution in [2.45, 2.75) is 37.5 Å². The molecular weight excluding hydrogens is 368 g/mol. The van der Waals surface area contributed by atoms with Crippen molar-refractivity contribution >= 4 is 10.9 Å². The summed E-state index contributed by atoms with van der Waals surface area (Å²) in [7, 11) is 0. The van der Waals surface area contributed by atoms with E-state index in [9.17, 15) is 0 Å². The molecule has 3 aromatic carbocycles. The molecule has 1 aromatic heterocycles. The second kappa shape index (κ2) is 8.86. The minimum absolute atomic E-state index is 0.209. The Morgan fingerprint density at radius 2 is 1.50 bits per heavy atom. The van der Waals surface area contributed by atoms with Gasteiger partial charge in [-0.15, -0.1) is 0 Å². The topological polar surface area (TPSA) is 37.0 Å². The average molecular weight is 397 g/mol. The normalized spacial score (nSPS) is 19.4.